The number of rotatable bonds is 5. The van der Waals surface area contributed by atoms with Crippen molar-refractivity contribution in [2.24, 2.45) is 0 Å². The summed E-state index contributed by atoms with van der Waals surface area (Å²) in [4.78, 5) is 0. The number of nitrogens with two attached hydrogens (primary N) is 1. The van der Waals surface area contributed by atoms with Gasteiger partial charge in [-0.3, -0.25) is 0 Å². The number of nitrogens with zero attached hydrogens (tertiary/aromatic N) is 2. The van der Waals surface area contributed by atoms with E-state index in [2.05, 4.69) is 10.2 Å². The summed E-state index contributed by atoms with van der Waals surface area (Å²) in [6.07, 6.45) is 2.57. The van der Waals surface area contributed by atoms with E-state index in [4.69, 9.17) is 5.73 Å². The molecule has 0 aliphatic heterocycles. The third kappa shape index (κ3) is 2.91. The lowest BCUT2D eigenvalue weighted by Gasteiger charge is -1.97. The molecule has 0 saturated heterocycles. The molecule has 1 rings (SSSR count). The van der Waals surface area contributed by atoms with E-state index in [1.54, 1.807) is 0 Å². The lowest BCUT2D eigenvalue weighted by atomic mass is 10.3. The Morgan fingerprint density at radius 3 is 2.57 bits per heavy atom. The van der Waals surface area contributed by atoms with Crippen LogP contribution in [0.25, 0.3) is 0 Å². The normalized spacial score (nSPS) is 11.8. The summed E-state index contributed by atoms with van der Waals surface area (Å²) in [5.41, 5.74) is 5.31. The third-order valence-electron chi connectivity index (χ3n) is 1.70. The van der Waals surface area contributed by atoms with E-state index in [9.17, 15) is 8.42 Å². The van der Waals surface area contributed by atoms with Crippen molar-refractivity contribution in [2.75, 3.05) is 11.5 Å². The monoisotopic (exact) mass is 235 g/mol. The molecule has 0 spiro atoms. The van der Waals surface area contributed by atoms with Crippen molar-refractivity contribution in [1.29, 1.82) is 0 Å². The zero-order valence-electron chi connectivity index (χ0n) is 7.93. The summed E-state index contributed by atoms with van der Waals surface area (Å²) in [7, 11) is -3.25. The molecule has 1 aromatic heterocycles. The van der Waals surface area contributed by atoms with Gasteiger partial charge in [-0.1, -0.05) is 31.1 Å². The van der Waals surface area contributed by atoms with Crippen LogP contribution < -0.4 is 5.73 Å². The van der Waals surface area contributed by atoms with Gasteiger partial charge in [0.1, 0.15) is 0 Å². The molecule has 0 aliphatic rings. The van der Waals surface area contributed by atoms with Crippen LogP contribution in [0.4, 0.5) is 5.13 Å². The molecule has 0 bridgehead atoms. The van der Waals surface area contributed by atoms with Crippen LogP contribution in [-0.4, -0.2) is 24.4 Å². The van der Waals surface area contributed by atoms with Gasteiger partial charge in [0.15, 0.2) is 0 Å². The van der Waals surface area contributed by atoms with Crippen LogP contribution in [0.1, 0.15) is 26.2 Å². The molecule has 0 saturated carbocycles. The molecule has 80 valence electrons. The van der Waals surface area contributed by atoms with Crippen LogP contribution >= 0.6 is 11.3 Å². The van der Waals surface area contributed by atoms with E-state index >= 15 is 0 Å². The highest BCUT2D eigenvalue weighted by Crippen LogP contribution is 2.19. The second-order valence-electron chi connectivity index (χ2n) is 2.93. The zero-order chi connectivity index (χ0) is 10.6. The first-order chi connectivity index (χ1) is 6.56. The number of hydrogen-bond acceptors (Lipinski definition) is 6. The van der Waals surface area contributed by atoms with E-state index in [-0.39, 0.29) is 15.2 Å². The minimum atomic E-state index is -3.25. The number of nitrogen functional groups attached to an aromatic ring is 1. The predicted molar refractivity (Wildman–Crippen MR) is 55.9 cm³/mol. The van der Waals surface area contributed by atoms with E-state index in [1.807, 2.05) is 6.92 Å². The van der Waals surface area contributed by atoms with Gasteiger partial charge in [-0.25, -0.2) is 8.42 Å². The predicted octanol–water partition coefficient (Wildman–Crippen LogP) is 1.08. The molecule has 1 aromatic rings. The molecule has 14 heavy (non-hydrogen) atoms. The van der Waals surface area contributed by atoms with Crippen LogP contribution in [0.5, 0.6) is 0 Å². The molecular weight excluding hydrogens is 222 g/mol. The van der Waals surface area contributed by atoms with E-state index in [0.29, 0.717) is 6.42 Å². The largest absolute Gasteiger partial charge is 0.374 e. The number of hydrogen-bond donors (Lipinski definition) is 1. The van der Waals surface area contributed by atoms with Gasteiger partial charge in [-0.05, 0) is 6.42 Å². The van der Waals surface area contributed by atoms with Gasteiger partial charge < -0.3 is 5.73 Å². The van der Waals surface area contributed by atoms with Gasteiger partial charge in [0, 0.05) is 0 Å². The van der Waals surface area contributed by atoms with Gasteiger partial charge in [-0.2, -0.15) is 0 Å². The van der Waals surface area contributed by atoms with Crippen LogP contribution in [0.3, 0.4) is 0 Å². The highest BCUT2D eigenvalue weighted by atomic mass is 32.2. The van der Waals surface area contributed by atoms with Crippen molar-refractivity contribution >= 4 is 26.3 Å². The molecule has 5 nitrogen and oxygen atoms in total. The zero-order valence-corrected chi connectivity index (χ0v) is 9.57. The molecule has 0 aromatic carbocycles. The Bertz CT molecular complexity index is 385. The first-order valence-electron chi connectivity index (χ1n) is 4.38. The quantitative estimate of drug-likeness (QED) is 0.772. The Kier molecular flexibility index (Phi) is 3.82. The van der Waals surface area contributed by atoms with E-state index in [1.165, 1.54) is 0 Å². The minimum Gasteiger partial charge on any atom is -0.374 e. The molecule has 0 atom stereocenters. The third-order valence-corrected chi connectivity index (χ3v) is 4.70. The van der Waals surface area contributed by atoms with Crippen molar-refractivity contribution in [1.82, 2.24) is 10.2 Å². The van der Waals surface area contributed by atoms with E-state index in [0.717, 1.165) is 24.2 Å². The van der Waals surface area contributed by atoms with Gasteiger partial charge in [-0.15, -0.1) is 10.2 Å². The molecule has 0 unspecified atom stereocenters. The van der Waals surface area contributed by atoms with Crippen molar-refractivity contribution in [3.05, 3.63) is 0 Å². The van der Waals surface area contributed by atoms with Crippen molar-refractivity contribution in [3.8, 4) is 0 Å². The molecule has 0 radical (unpaired) electrons. The molecule has 0 fully saturated rings. The number of unbranched alkanes of at least 4 members (excludes halogenated alkanes) is 2. The fourth-order valence-corrected chi connectivity index (χ4v) is 3.26. The van der Waals surface area contributed by atoms with Gasteiger partial charge >= 0.3 is 0 Å². The smallest absolute Gasteiger partial charge is 0.234 e. The van der Waals surface area contributed by atoms with Crippen molar-refractivity contribution in [2.45, 2.75) is 30.5 Å². The van der Waals surface area contributed by atoms with Gasteiger partial charge in [0.25, 0.3) is 0 Å². The first kappa shape index (κ1) is 11.4. The highest BCUT2D eigenvalue weighted by molar-refractivity contribution is 7.93. The topological polar surface area (TPSA) is 85.9 Å². The van der Waals surface area contributed by atoms with Gasteiger partial charge in [0.05, 0.1) is 5.75 Å². The van der Waals surface area contributed by atoms with E-state index < -0.39 is 9.84 Å². The lowest BCUT2D eigenvalue weighted by molar-refractivity contribution is 0.589. The highest BCUT2D eigenvalue weighted by Gasteiger charge is 2.18. The molecule has 2 N–H and O–H groups in total. The summed E-state index contributed by atoms with van der Waals surface area (Å²) in [6.45, 7) is 2.02. The Hall–Kier alpha value is -0.690. The average molecular weight is 235 g/mol. The Morgan fingerprint density at radius 2 is 2.07 bits per heavy atom. The fourth-order valence-electron chi connectivity index (χ4n) is 0.975. The summed E-state index contributed by atoms with van der Waals surface area (Å²) >= 11 is 0.920. The Labute approximate surface area is 87.3 Å². The second kappa shape index (κ2) is 4.70. The SMILES string of the molecule is CCCCCS(=O)(=O)c1nnc(N)s1. The summed E-state index contributed by atoms with van der Waals surface area (Å²) < 4.78 is 23.2. The van der Waals surface area contributed by atoms with Crippen LogP contribution in [0, 0.1) is 0 Å². The number of aromatic nitrogens is 2. The fraction of sp³-hybridized carbons (Fsp3) is 0.714. The van der Waals surface area contributed by atoms with Gasteiger partial charge in [0.2, 0.25) is 19.3 Å². The summed E-state index contributed by atoms with van der Waals surface area (Å²) in [5, 5.41) is 7.19. The maximum atomic E-state index is 11.6. The van der Waals surface area contributed by atoms with Crippen LogP contribution in [0.2, 0.25) is 0 Å². The first-order valence-corrected chi connectivity index (χ1v) is 6.85. The minimum absolute atomic E-state index is 0.0334. The number of sulfone groups is 1. The van der Waals surface area contributed by atoms with Crippen LogP contribution in [0.15, 0.2) is 4.34 Å². The average Bonchev–Trinajstić information content (AvgIpc) is 2.53. The Balaban J connectivity index is 2.66. The van der Waals surface area contributed by atoms with Crippen molar-refractivity contribution in [3.63, 3.8) is 0 Å². The second-order valence-corrected chi connectivity index (χ2v) is 6.22. The maximum absolute atomic E-state index is 11.6. The molecule has 7 heteroatoms. The standard InChI is InChI=1S/C7H13N3O2S2/c1-2-3-4-5-14(11,12)7-10-9-6(8)13-7/h2-5H2,1H3,(H2,8,9). The molecule has 0 aliphatic carbocycles. The molecule has 0 amide bonds. The van der Waals surface area contributed by atoms with Crippen molar-refractivity contribution < 1.29 is 8.42 Å². The molecule has 1 heterocycles. The van der Waals surface area contributed by atoms with Crippen LogP contribution in [-0.2, 0) is 9.84 Å². The summed E-state index contributed by atoms with van der Waals surface area (Å²) in [6, 6.07) is 0. The summed E-state index contributed by atoms with van der Waals surface area (Å²) in [5.74, 6) is 0.134. The lowest BCUT2D eigenvalue weighted by Crippen LogP contribution is -2.06. The Morgan fingerprint density at radius 1 is 1.36 bits per heavy atom. The maximum Gasteiger partial charge on any atom is 0.234 e. The number of anilines is 1. The molecular formula is C7H13N3O2S2.